The average molecular weight is 897 g/mol. The first-order chi connectivity index (χ1) is 29.4. The molecule has 8 aliphatic rings. The Hall–Kier alpha value is -1.35. The van der Waals surface area contributed by atoms with E-state index < -0.39 is 111 Å². The Bertz CT molecular complexity index is 1720. The van der Waals surface area contributed by atoms with Gasteiger partial charge in [0.1, 0.15) is 61.0 Å². The largest absolute Gasteiger partial charge is 0.481 e. The molecule has 3 aliphatic heterocycles. The van der Waals surface area contributed by atoms with Crippen molar-refractivity contribution in [2.24, 2.45) is 50.2 Å². The lowest BCUT2D eigenvalue weighted by molar-refractivity contribution is -0.367. The molecular formula is C47H76O16. The van der Waals surface area contributed by atoms with E-state index in [1.54, 1.807) is 0 Å². The molecule has 4 saturated carbocycles. The first-order valence-corrected chi connectivity index (χ1v) is 23.6. The van der Waals surface area contributed by atoms with E-state index in [0.29, 0.717) is 18.8 Å². The van der Waals surface area contributed by atoms with Crippen molar-refractivity contribution in [1.82, 2.24) is 0 Å². The molecule has 9 N–H and O–H groups in total. The van der Waals surface area contributed by atoms with Crippen molar-refractivity contribution in [2.45, 2.75) is 212 Å². The van der Waals surface area contributed by atoms with Gasteiger partial charge in [0, 0.05) is 0 Å². The molecule has 0 aromatic rings. The van der Waals surface area contributed by atoms with Crippen LogP contribution in [0.15, 0.2) is 11.6 Å². The van der Waals surface area contributed by atoms with Crippen molar-refractivity contribution in [3.63, 3.8) is 0 Å². The third-order valence-corrected chi connectivity index (χ3v) is 19.0. The number of hydrogen-bond donors (Lipinski definition) is 9. The second-order valence-corrected chi connectivity index (χ2v) is 23.0. The number of aliphatic hydroxyl groups is 8. The summed E-state index contributed by atoms with van der Waals surface area (Å²) in [5.41, 5.74) is 0.211. The molecule has 0 radical (unpaired) electrons. The van der Waals surface area contributed by atoms with Gasteiger partial charge in [-0.2, -0.15) is 0 Å². The van der Waals surface area contributed by atoms with E-state index >= 15 is 0 Å². The number of aliphatic carboxylic acids is 1. The molecule has 0 aromatic carbocycles. The van der Waals surface area contributed by atoms with Crippen molar-refractivity contribution >= 4 is 5.97 Å². The summed E-state index contributed by atoms with van der Waals surface area (Å²) in [4.78, 5) is 13.1. The van der Waals surface area contributed by atoms with Gasteiger partial charge < -0.3 is 74.4 Å². The fourth-order valence-corrected chi connectivity index (χ4v) is 14.9. The highest BCUT2D eigenvalue weighted by atomic mass is 16.8. The van der Waals surface area contributed by atoms with Gasteiger partial charge in [-0.15, -0.1) is 0 Å². The fraction of sp³-hybridized carbons (Fsp3) is 0.936. The molecule has 0 bridgehead atoms. The van der Waals surface area contributed by atoms with E-state index in [0.717, 1.165) is 51.4 Å². The molecule has 0 amide bonds. The number of allylic oxidation sites excluding steroid dienone is 2. The van der Waals surface area contributed by atoms with Gasteiger partial charge in [0.15, 0.2) is 18.9 Å². The van der Waals surface area contributed by atoms with Gasteiger partial charge >= 0.3 is 5.97 Å². The Morgan fingerprint density at radius 3 is 1.95 bits per heavy atom. The second-order valence-electron chi connectivity index (χ2n) is 23.0. The third kappa shape index (κ3) is 7.42. The van der Waals surface area contributed by atoms with Crippen LogP contribution in [0.5, 0.6) is 0 Å². The van der Waals surface area contributed by atoms with Crippen LogP contribution in [0.4, 0.5) is 0 Å². The average Bonchev–Trinajstić information content (AvgIpc) is 3.52. The molecule has 0 spiro atoms. The molecule has 63 heavy (non-hydrogen) atoms. The zero-order valence-corrected chi connectivity index (χ0v) is 38.3. The summed E-state index contributed by atoms with van der Waals surface area (Å²) in [6.07, 6.45) is -9.63. The molecule has 7 fully saturated rings. The summed E-state index contributed by atoms with van der Waals surface area (Å²) < 4.78 is 36.4. The van der Waals surface area contributed by atoms with Gasteiger partial charge in [0.05, 0.1) is 30.8 Å². The topological polar surface area (TPSA) is 255 Å². The van der Waals surface area contributed by atoms with Crippen LogP contribution in [-0.2, 0) is 33.2 Å². The highest BCUT2D eigenvalue weighted by molar-refractivity contribution is 5.76. The van der Waals surface area contributed by atoms with Crippen LogP contribution in [0.25, 0.3) is 0 Å². The van der Waals surface area contributed by atoms with E-state index in [2.05, 4.69) is 54.5 Å². The van der Waals surface area contributed by atoms with Crippen molar-refractivity contribution in [3.8, 4) is 0 Å². The van der Waals surface area contributed by atoms with Crippen LogP contribution in [0, 0.1) is 50.2 Å². The molecule has 360 valence electrons. The van der Waals surface area contributed by atoms with Gasteiger partial charge in [-0.3, -0.25) is 4.79 Å². The van der Waals surface area contributed by atoms with Crippen molar-refractivity contribution in [3.05, 3.63) is 11.6 Å². The minimum Gasteiger partial charge on any atom is -0.481 e. The van der Waals surface area contributed by atoms with E-state index in [1.807, 2.05) is 0 Å². The molecule has 22 unspecified atom stereocenters. The third-order valence-electron chi connectivity index (χ3n) is 19.0. The molecule has 3 heterocycles. The maximum atomic E-state index is 13.1. The number of ether oxygens (including phenoxy) is 6. The predicted molar refractivity (Wildman–Crippen MR) is 223 cm³/mol. The first kappa shape index (κ1) is 48.1. The number of fused-ring (bicyclic) bond motifs is 7. The molecule has 16 nitrogen and oxygen atoms in total. The molecule has 0 aromatic heterocycles. The summed E-state index contributed by atoms with van der Waals surface area (Å²) in [6.45, 7) is 16.7. The minimum absolute atomic E-state index is 0.0275. The van der Waals surface area contributed by atoms with Crippen LogP contribution < -0.4 is 0 Å². The lowest BCUT2D eigenvalue weighted by Gasteiger charge is -2.71. The number of carboxylic acids is 1. The van der Waals surface area contributed by atoms with Gasteiger partial charge in [0.2, 0.25) is 0 Å². The number of carboxylic acid groups (broad SMARTS) is 1. The maximum Gasteiger partial charge on any atom is 0.310 e. The minimum atomic E-state index is -1.79. The number of carbonyl (C=O) groups is 1. The van der Waals surface area contributed by atoms with E-state index in [9.17, 15) is 50.8 Å². The number of hydrogen-bond acceptors (Lipinski definition) is 15. The Balaban J connectivity index is 0.999. The van der Waals surface area contributed by atoms with Crippen molar-refractivity contribution < 1.29 is 79.2 Å². The summed E-state index contributed by atoms with van der Waals surface area (Å²) in [6, 6.07) is 0. The van der Waals surface area contributed by atoms with Crippen LogP contribution >= 0.6 is 0 Å². The first-order valence-electron chi connectivity index (χ1n) is 23.6. The van der Waals surface area contributed by atoms with Gasteiger partial charge in [-0.25, -0.2) is 0 Å². The predicted octanol–water partition coefficient (Wildman–Crippen LogP) is 2.37. The number of aliphatic hydroxyl groups excluding tert-OH is 8. The van der Waals surface area contributed by atoms with Crippen molar-refractivity contribution in [2.75, 3.05) is 13.2 Å². The fourth-order valence-electron chi connectivity index (χ4n) is 14.9. The highest BCUT2D eigenvalue weighted by Crippen LogP contribution is 2.76. The van der Waals surface area contributed by atoms with E-state index in [1.165, 1.54) is 12.5 Å². The van der Waals surface area contributed by atoms with Crippen LogP contribution in [-0.4, -0.2) is 157 Å². The van der Waals surface area contributed by atoms with Gasteiger partial charge in [-0.1, -0.05) is 60.1 Å². The standard InChI is InChI=1S/C47H76O16/c1-22-30(50)36(62-38-34(54)33(53)31(51)25(20-48)59-38)35(55)39(58-22)63-37-32(52)26(21-49)60-40(37)61-29-12-13-44(6)27(43(29,4)5)11-14-46(8)28(44)10-9-23-24-19-42(2,3)15-17-47(24,41(56)57)18-16-45(23,46)7/h9,22,24-40,48-55H,10-21H2,1-8H3,(H,56,57). The summed E-state index contributed by atoms with van der Waals surface area (Å²) >= 11 is 0. The van der Waals surface area contributed by atoms with Gasteiger partial charge in [-0.05, 0) is 116 Å². The van der Waals surface area contributed by atoms with Crippen LogP contribution in [0.2, 0.25) is 0 Å². The Kier molecular flexibility index (Phi) is 12.8. The Morgan fingerprint density at radius 1 is 0.667 bits per heavy atom. The highest BCUT2D eigenvalue weighted by Gasteiger charge is 2.70. The number of rotatable bonds is 9. The molecule has 16 heteroatoms. The quantitative estimate of drug-likeness (QED) is 0.151. The molecule has 8 rings (SSSR count). The van der Waals surface area contributed by atoms with Gasteiger partial charge in [0.25, 0.3) is 0 Å². The zero-order chi connectivity index (χ0) is 46.0. The monoisotopic (exact) mass is 897 g/mol. The summed E-state index contributed by atoms with van der Waals surface area (Å²) in [7, 11) is 0. The normalized spacial score (nSPS) is 53.9. The van der Waals surface area contributed by atoms with Crippen molar-refractivity contribution in [1.29, 1.82) is 0 Å². The van der Waals surface area contributed by atoms with Crippen LogP contribution in [0.3, 0.4) is 0 Å². The Labute approximate surface area is 371 Å². The lowest BCUT2D eigenvalue weighted by Crippen LogP contribution is -2.65. The molecular weight excluding hydrogens is 821 g/mol. The molecule has 22 atom stereocenters. The van der Waals surface area contributed by atoms with Crippen LogP contribution in [0.1, 0.15) is 120 Å². The zero-order valence-electron chi connectivity index (χ0n) is 38.3. The molecule has 3 saturated heterocycles. The van der Waals surface area contributed by atoms with E-state index in [-0.39, 0.29) is 45.0 Å². The summed E-state index contributed by atoms with van der Waals surface area (Å²) in [5.74, 6) is 0.0227. The maximum absolute atomic E-state index is 13.1. The Morgan fingerprint density at radius 2 is 1.29 bits per heavy atom. The SMILES string of the molecule is CC1OC(OC2C(OC3CCC4(C)C(CCC5(C)C4CC=C4C6CC(C)(C)CCC6(C(=O)O)CCC45C)C3(C)C)OC(CO)C2O)C(O)C(OC2OC(CO)C(O)C(O)C2O)C1O. The smallest absolute Gasteiger partial charge is 0.310 e. The summed E-state index contributed by atoms with van der Waals surface area (Å²) in [5, 5.41) is 95.9. The lowest BCUT2D eigenvalue weighted by atomic mass is 9.33. The molecule has 5 aliphatic carbocycles. The second kappa shape index (κ2) is 16.7. The van der Waals surface area contributed by atoms with E-state index in [4.69, 9.17) is 28.4 Å².